The standard InChI is InChI=1S/C24H23FN2O3/c25-17-8-10-18(11-9-17)26-22(28)19(12-14-4-2-1-3-5-14)27-23(29)20-15-6-7-16(13-15)21(20)24(27)30/h1-5,8-11,15-16,19-21H,6-7,12-13H2,(H,26,28)/t15-,16-,19+,20-,21+/m0/s1. The zero-order valence-electron chi connectivity index (χ0n) is 16.5. The summed E-state index contributed by atoms with van der Waals surface area (Å²) in [5.74, 6) is -1.25. The molecule has 5 nitrogen and oxygen atoms in total. The lowest BCUT2D eigenvalue weighted by Crippen LogP contribution is -2.49. The largest absolute Gasteiger partial charge is 0.324 e. The Labute approximate surface area is 174 Å². The van der Waals surface area contributed by atoms with Gasteiger partial charge in [0, 0.05) is 12.1 Å². The zero-order valence-corrected chi connectivity index (χ0v) is 16.5. The van der Waals surface area contributed by atoms with Crippen LogP contribution in [0.4, 0.5) is 10.1 Å². The molecular weight excluding hydrogens is 383 g/mol. The molecular formula is C24H23FN2O3. The first kappa shape index (κ1) is 19.0. The van der Waals surface area contributed by atoms with Gasteiger partial charge in [-0.1, -0.05) is 30.3 Å². The number of amides is 3. The van der Waals surface area contributed by atoms with Crippen LogP contribution in [0.15, 0.2) is 54.6 Å². The molecule has 3 amide bonds. The van der Waals surface area contributed by atoms with Crippen molar-refractivity contribution in [1.29, 1.82) is 0 Å². The predicted molar refractivity (Wildman–Crippen MR) is 109 cm³/mol. The van der Waals surface area contributed by atoms with Crippen LogP contribution in [0.1, 0.15) is 24.8 Å². The van der Waals surface area contributed by atoms with Crippen molar-refractivity contribution in [3.63, 3.8) is 0 Å². The first-order chi connectivity index (χ1) is 14.5. The number of imide groups is 1. The van der Waals surface area contributed by atoms with Gasteiger partial charge in [-0.05, 0) is 60.9 Å². The second-order valence-corrected chi connectivity index (χ2v) is 8.63. The number of likely N-dealkylation sites (tertiary alicyclic amines) is 1. The molecule has 1 aliphatic heterocycles. The van der Waals surface area contributed by atoms with Crippen LogP contribution >= 0.6 is 0 Å². The van der Waals surface area contributed by atoms with Crippen LogP contribution < -0.4 is 5.32 Å². The van der Waals surface area contributed by atoms with Gasteiger partial charge in [-0.2, -0.15) is 0 Å². The molecule has 5 atom stereocenters. The SMILES string of the molecule is O=C(Nc1ccc(F)cc1)[C@@H](Cc1ccccc1)N1C(=O)[C@@H]2[C@H]3CC[C@@H](C3)[C@@H]2C1=O. The predicted octanol–water partition coefficient (Wildman–Crippen LogP) is 3.41. The second-order valence-electron chi connectivity index (χ2n) is 8.63. The summed E-state index contributed by atoms with van der Waals surface area (Å²) < 4.78 is 13.2. The van der Waals surface area contributed by atoms with Crippen LogP contribution in [-0.2, 0) is 20.8 Å². The Bertz CT molecular complexity index is 963. The number of anilines is 1. The van der Waals surface area contributed by atoms with Crippen LogP contribution in [0, 0.1) is 29.5 Å². The van der Waals surface area contributed by atoms with Gasteiger partial charge in [-0.15, -0.1) is 0 Å². The highest BCUT2D eigenvalue weighted by Crippen LogP contribution is 2.56. The van der Waals surface area contributed by atoms with E-state index in [-0.39, 0.29) is 41.9 Å². The molecule has 0 radical (unpaired) electrons. The van der Waals surface area contributed by atoms with Gasteiger partial charge in [0.15, 0.2) is 0 Å². The van der Waals surface area contributed by atoms with E-state index in [2.05, 4.69) is 5.32 Å². The summed E-state index contributed by atoms with van der Waals surface area (Å²) in [7, 11) is 0. The Morgan fingerprint density at radius 3 is 2.17 bits per heavy atom. The molecule has 0 unspecified atom stereocenters. The number of hydrogen-bond acceptors (Lipinski definition) is 3. The summed E-state index contributed by atoms with van der Waals surface area (Å²) in [5.41, 5.74) is 1.30. The lowest BCUT2D eigenvalue weighted by atomic mass is 9.81. The maximum atomic E-state index is 13.3. The molecule has 0 spiro atoms. The topological polar surface area (TPSA) is 66.5 Å². The quantitative estimate of drug-likeness (QED) is 0.774. The number of nitrogens with zero attached hydrogens (tertiary/aromatic N) is 1. The van der Waals surface area contributed by atoms with E-state index in [1.807, 2.05) is 30.3 Å². The van der Waals surface area contributed by atoms with E-state index < -0.39 is 17.8 Å². The average Bonchev–Trinajstić information content (AvgIpc) is 3.43. The average molecular weight is 406 g/mol. The van der Waals surface area contributed by atoms with E-state index in [0.717, 1.165) is 24.8 Å². The fourth-order valence-corrected chi connectivity index (χ4v) is 5.64. The third kappa shape index (κ3) is 3.11. The van der Waals surface area contributed by atoms with Crippen LogP contribution in [-0.4, -0.2) is 28.7 Å². The van der Waals surface area contributed by atoms with E-state index in [9.17, 15) is 18.8 Å². The van der Waals surface area contributed by atoms with Crippen LogP contribution in [0.3, 0.4) is 0 Å². The van der Waals surface area contributed by atoms with Gasteiger partial charge in [-0.25, -0.2) is 4.39 Å². The summed E-state index contributed by atoms with van der Waals surface area (Å²) in [6.07, 6.45) is 3.18. The number of hydrogen-bond donors (Lipinski definition) is 1. The second kappa shape index (κ2) is 7.35. The van der Waals surface area contributed by atoms with E-state index in [1.54, 1.807) is 0 Å². The fourth-order valence-electron chi connectivity index (χ4n) is 5.64. The summed E-state index contributed by atoms with van der Waals surface area (Å²) in [5, 5.41) is 2.76. The van der Waals surface area contributed by atoms with Crippen molar-refractivity contribution in [3.8, 4) is 0 Å². The van der Waals surface area contributed by atoms with E-state index in [1.165, 1.54) is 29.2 Å². The highest BCUT2D eigenvalue weighted by Gasteiger charge is 2.62. The molecule has 30 heavy (non-hydrogen) atoms. The molecule has 3 aliphatic rings. The molecule has 1 heterocycles. The van der Waals surface area contributed by atoms with Gasteiger partial charge in [0.25, 0.3) is 0 Å². The van der Waals surface area contributed by atoms with E-state index in [4.69, 9.17) is 0 Å². The summed E-state index contributed by atoms with van der Waals surface area (Å²) >= 11 is 0. The van der Waals surface area contributed by atoms with Gasteiger partial charge in [-0.3, -0.25) is 19.3 Å². The molecule has 0 aromatic heterocycles. The van der Waals surface area contributed by atoms with Gasteiger partial charge in [0.05, 0.1) is 11.8 Å². The number of carbonyl (C=O) groups is 3. The smallest absolute Gasteiger partial charge is 0.248 e. The van der Waals surface area contributed by atoms with Crippen molar-refractivity contribution in [2.24, 2.45) is 23.7 Å². The monoisotopic (exact) mass is 406 g/mol. The molecule has 2 aliphatic carbocycles. The molecule has 2 aromatic rings. The lowest BCUT2D eigenvalue weighted by molar-refractivity contribution is -0.147. The highest BCUT2D eigenvalue weighted by atomic mass is 19.1. The molecule has 1 N–H and O–H groups in total. The number of nitrogens with one attached hydrogen (secondary N) is 1. The normalized spacial score (nSPS) is 28.0. The van der Waals surface area contributed by atoms with Crippen molar-refractivity contribution in [2.75, 3.05) is 5.32 Å². The van der Waals surface area contributed by atoms with Gasteiger partial charge >= 0.3 is 0 Å². The molecule has 6 heteroatoms. The van der Waals surface area contributed by atoms with Gasteiger partial charge < -0.3 is 5.32 Å². The Morgan fingerprint density at radius 2 is 1.57 bits per heavy atom. The number of benzene rings is 2. The Kier molecular flexibility index (Phi) is 4.65. The fraction of sp³-hybridized carbons (Fsp3) is 0.375. The van der Waals surface area contributed by atoms with Crippen molar-refractivity contribution in [1.82, 2.24) is 4.90 Å². The van der Waals surface area contributed by atoms with E-state index in [0.29, 0.717) is 5.69 Å². The Hall–Kier alpha value is -3.02. The first-order valence-electron chi connectivity index (χ1n) is 10.5. The van der Waals surface area contributed by atoms with Crippen molar-refractivity contribution in [2.45, 2.75) is 31.7 Å². The van der Waals surface area contributed by atoms with Gasteiger partial charge in [0.2, 0.25) is 17.7 Å². The van der Waals surface area contributed by atoms with Crippen LogP contribution in [0.2, 0.25) is 0 Å². The van der Waals surface area contributed by atoms with Crippen molar-refractivity contribution >= 4 is 23.4 Å². The molecule has 154 valence electrons. The Morgan fingerprint density at radius 1 is 0.967 bits per heavy atom. The summed E-state index contributed by atoms with van der Waals surface area (Å²) in [6.45, 7) is 0. The third-order valence-corrected chi connectivity index (χ3v) is 6.96. The van der Waals surface area contributed by atoms with Gasteiger partial charge in [0.1, 0.15) is 11.9 Å². The minimum absolute atomic E-state index is 0.201. The number of fused-ring (bicyclic) bond motifs is 5. The maximum absolute atomic E-state index is 13.3. The maximum Gasteiger partial charge on any atom is 0.248 e. The number of rotatable bonds is 5. The first-order valence-corrected chi connectivity index (χ1v) is 10.5. The number of carbonyl (C=O) groups excluding carboxylic acids is 3. The molecule has 3 fully saturated rings. The lowest BCUT2D eigenvalue weighted by Gasteiger charge is -2.27. The minimum atomic E-state index is -0.928. The Balaban J connectivity index is 1.45. The van der Waals surface area contributed by atoms with Crippen molar-refractivity contribution in [3.05, 3.63) is 66.0 Å². The zero-order chi connectivity index (χ0) is 20.8. The van der Waals surface area contributed by atoms with Crippen LogP contribution in [0.25, 0.3) is 0 Å². The molecule has 5 rings (SSSR count). The van der Waals surface area contributed by atoms with Crippen molar-refractivity contribution < 1.29 is 18.8 Å². The molecule has 2 bridgehead atoms. The third-order valence-electron chi connectivity index (χ3n) is 6.96. The summed E-state index contributed by atoms with van der Waals surface area (Å²) in [6, 6.07) is 13.9. The molecule has 1 saturated heterocycles. The van der Waals surface area contributed by atoms with Crippen LogP contribution in [0.5, 0.6) is 0 Å². The molecule has 2 aromatic carbocycles. The molecule has 2 saturated carbocycles. The van der Waals surface area contributed by atoms with E-state index >= 15 is 0 Å². The highest BCUT2D eigenvalue weighted by molar-refractivity contribution is 6.10. The minimum Gasteiger partial charge on any atom is -0.324 e. The summed E-state index contributed by atoms with van der Waals surface area (Å²) in [4.78, 5) is 41.0. The number of halogens is 1.